The number of rotatable bonds is 16. The Bertz CT molecular complexity index is 1620. The lowest BCUT2D eigenvalue weighted by Crippen LogP contribution is -2.45. The Morgan fingerprint density at radius 2 is 1.58 bits per heavy atom. The summed E-state index contributed by atoms with van der Waals surface area (Å²) in [5, 5.41) is 21.3. The Labute approximate surface area is 307 Å². The Morgan fingerprint density at radius 3 is 2.27 bits per heavy atom. The van der Waals surface area contributed by atoms with Crippen LogP contribution in [0.15, 0.2) is 72.8 Å². The highest BCUT2D eigenvalue weighted by Crippen LogP contribution is 2.39. The van der Waals surface area contributed by atoms with Crippen molar-refractivity contribution in [1.29, 1.82) is 0 Å². The van der Waals surface area contributed by atoms with E-state index in [0.29, 0.717) is 32.4 Å². The maximum atomic E-state index is 13.1. The maximum Gasteiger partial charge on any atom is 0.323 e. The van der Waals surface area contributed by atoms with Crippen LogP contribution in [0.2, 0.25) is 0 Å². The van der Waals surface area contributed by atoms with Gasteiger partial charge in [-0.2, -0.15) is 0 Å². The second-order valence-corrected chi connectivity index (χ2v) is 14.9. The van der Waals surface area contributed by atoms with Crippen molar-refractivity contribution in [3.8, 4) is 11.1 Å². The van der Waals surface area contributed by atoms with Gasteiger partial charge in [-0.1, -0.05) is 79.6 Å². The van der Waals surface area contributed by atoms with Crippen molar-refractivity contribution in [2.24, 2.45) is 0 Å². The molecule has 52 heavy (non-hydrogen) atoms. The number of amides is 1. The molecule has 0 bridgehead atoms. The van der Waals surface area contributed by atoms with Crippen molar-refractivity contribution in [3.63, 3.8) is 0 Å². The van der Waals surface area contributed by atoms with Crippen LogP contribution in [0.4, 0.5) is 0 Å². The number of likely N-dealkylation sites (tertiary alicyclic amines) is 1. The van der Waals surface area contributed by atoms with Crippen LogP contribution in [-0.2, 0) is 41.7 Å². The zero-order valence-electron chi connectivity index (χ0n) is 30.7. The van der Waals surface area contributed by atoms with Gasteiger partial charge in [0.25, 0.3) is 0 Å². The third kappa shape index (κ3) is 11.7. The maximum absolute atomic E-state index is 13.1. The zero-order valence-corrected chi connectivity index (χ0v) is 30.7. The molecule has 3 aromatic rings. The molecule has 0 unspecified atom stereocenters. The van der Waals surface area contributed by atoms with Gasteiger partial charge >= 0.3 is 11.9 Å². The molecule has 1 amide bonds. The lowest BCUT2D eigenvalue weighted by atomic mass is 9.98. The van der Waals surface area contributed by atoms with E-state index in [9.17, 15) is 19.5 Å². The second kappa shape index (κ2) is 18.6. The first-order valence-corrected chi connectivity index (χ1v) is 18.6. The smallest absolute Gasteiger partial charge is 0.323 e. The van der Waals surface area contributed by atoms with Crippen LogP contribution in [0.25, 0.3) is 11.1 Å². The molecule has 3 aromatic carbocycles. The summed E-state index contributed by atoms with van der Waals surface area (Å²) in [6.45, 7) is 7.48. The number of hydrogen-bond acceptors (Lipinski definition) is 8. The molecule has 5 rings (SSSR count). The first-order valence-electron chi connectivity index (χ1n) is 18.6. The topological polar surface area (TPSA) is 135 Å². The van der Waals surface area contributed by atoms with Crippen LogP contribution in [0, 0.1) is 0 Å². The number of aliphatic carboxylic acids is 1. The van der Waals surface area contributed by atoms with E-state index in [1.54, 1.807) is 0 Å². The molecule has 0 spiro atoms. The summed E-state index contributed by atoms with van der Waals surface area (Å²) in [7, 11) is 0. The molecule has 10 heteroatoms. The quantitative estimate of drug-likeness (QED) is 0.104. The largest absolute Gasteiger partial charge is 0.481 e. The van der Waals surface area contributed by atoms with Gasteiger partial charge < -0.3 is 29.7 Å². The Morgan fingerprint density at radius 1 is 0.865 bits per heavy atom. The number of nitrogens with zero attached hydrogens (tertiary/aromatic N) is 1. The third-order valence-electron chi connectivity index (χ3n) is 9.57. The van der Waals surface area contributed by atoms with Gasteiger partial charge in [0.1, 0.15) is 11.6 Å². The average molecular weight is 715 g/mol. The molecule has 0 aromatic heterocycles. The lowest BCUT2D eigenvalue weighted by Gasteiger charge is -2.38. The molecule has 0 radical (unpaired) electrons. The summed E-state index contributed by atoms with van der Waals surface area (Å²) < 4.78 is 19.0. The number of carboxylic acid groups (broad SMARTS) is 1. The van der Waals surface area contributed by atoms with E-state index in [4.69, 9.17) is 19.3 Å². The van der Waals surface area contributed by atoms with Crippen molar-refractivity contribution >= 4 is 17.8 Å². The van der Waals surface area contributed by atoms with E-state index >= 15 is 0 Å². The molecule has 4 atom stereocenters. The minimum atomic E-state index is -0.780. The number of benzene rings is 3. The summed E-state index contributed by atoms with van der Waals surface area (Å²) in [6.07, 6.45) is 4.93. The van der Waals surface area contributed by atoms with Gasteiger partial charge in [0.2, 0.25) is 5.91 Å². The van der Waals surface area contributed by atoms with Gasteiger partial charge in [0.05, 0.1) is 18.8 Å². The monoisotopic (exact) mass is 714 g/mol. The van der Waals surface area contributed by atoms with Gasteiger partial charge in [0.15, 0.2) is 6.29 Å². The summed E-state index contributed by atoms with van der Waals surface area (Å²) in [5.41, 5.74) is 5.25. The van der Waals surface area contributed by atoms with Crippen LogP contribution in [0.5, 0.6) is 0 Å². The lowest BCUT2D eigenvalue weighted by molar-refractivity contribution is -0.253. The van der Waals surface area contributed by atoms with Gasteiger partial charge in [-0.3, -0.25) is 19.3 Å². The number of nitrogens with one attached hydrogen (secondary N) is 1. The SMILES string of the molecule is CC(C)(C)OC(=O)[C@@H]1CCCN1C[C@H]1C[C@@H](c2ccc(CO)cc2)O[C@@H](c2ccc(-c3cccc(CNC(=O)CCCCCCC(=O)O)c3)cc2)O1. The average Bonchev–Trinajstić information content (AvgIpc) is 3.60. The summed E-state index contributed by atoms with van der Waals surface area (Å²) >= 11 is 0. The number of hydrogen-bond donors (Lipinski definition) is 3. The molecule has 10 nitrogen and oxygen atoms in total. The number of aliphatic hydroxyl groups excluding tert-OH is 1. The van der Waals surface area contributed by atoms with E-state index < -0.39 is 17.9 Å². The second-order valence-electron chi connectivity index (χ2n) is 14.9. The summed E-state index contributed by atoms with van der Waals surface area (Å²) in [5.74, 6) is -0.974. The molecule has 0 aliphatic carbocycles. The van der Waals surface area contributed by atoms with Crippen LogP contribution in [0.3, 0.4) is 0 Å². The predicted molar refractivity (Wildman–Crippen MR) is 198 cm³/mol. The van der Waals surface area contributed by atoms with Crippen molar-refractivity contribution < 1.29 is 38.8 Å². The summed E-state index contributed by atoms with van der Waals surface area (Å²) in [6, 6.07) is 23.8. The molecule has 2 saturated heterocycles. The number of unbranched alkanes of at least 4 members (excludes halogenated alkanes) is 3. The fourth-order valence-corrected chi connectivity index (χ4v) is 6.87. The van der Waals surface area contributed by atoms with Crippen LogP contribution in [-0.4, -0.2) is 63.8 Å². The fourth-order valence-electron chi connectivity index (χ4n) is 6.87. The van der Waals surface area contributed by atoms with Crippen molar-refractivity contribution in [2.45, 2.75) is 122 Å². The van der Waals surface area contributed by atoms with Crippen molar-refractivity contribution in [1.82, 2.24) is 10.2 Å². The van der Waals surface area contributed by atoms with E-state index in [-0.39, 0.29) is 43.2 Å². The zero-order chi connectivity index (χ0) is 37.1. The van der Waals surface area contributed by atoms with Crippen LogP contribution in [0.1, 0.15) is 113 Å². The normalized spacial score (nSPS) is 20.8. The third-order valence-corrected chi connectivity index (χ3v) is 9.57. The standard InChI is InChI=1S/C42H54N2O8/c1-42(2,3)52-40(49)36-12-9-23-44(36)27-35-25-37(32-17-15-29(28-45)16-18-32)51-41(50-35)33-21-19-31(20-22-33)34-11-8-10-30(24-34)26-43-38(46)13-6-4-5-7-14-39(47)48/h8,10-11,15-22,24,35-37,41,45H,4-7,9,12-14,23,25-28H2,1-3H3,(H,43,46)(H,47,48)/t35-,36+,37+,41+/m1/s1. The van der Waals surface area contributed by atoms with Gasteiger partial charge in [-0.25, -0.2) is 0 Å². The van der Waals surface area contributed by atoms with Crippen molar-refractivity contribution in [3.05, 3.63) is 95.1 Å². The predicted octanol–water partition coefficient (Wildman–Crippen LogP) is 7.24. The minimum absolute atomic E-state index is 0.00786. The molecule has 0 saturated carbocycles. The molecule has 2 fully saturated rings. The number of esters is 1. The van der Waals surface area contributed by atoms with E-state index in [0.717, 1.165) is 72.0 Å². The molecule has 2 heterocycles. The fraction of sp³-hybridized carbons (Fsp3) is 0.500. The minimum Gasteiger partial charge on any atom is -0.481 e. The molecular formula is C42H54N2O8. The first kappa shape index (κ1) is 39.1. The van der Waals surface area contributed by atoms with Gasteiger partial charge in [-0.05, 0) is 86.9 Å². The summed E-state index contributed by atoms with van der Waals surface area (Å²) in [4.78, 5) is 38.3. The van der Waals surface area contributed by atoms with Crippen LogP contribution < -0.4 is 5.32 Å². The first-order chi connectivity index (χ1) is 25.0. The number of ether oxygens (including phenoxy) is 3. The number of aliphatic hydroxyl groups is 1. The number of carbonyl (C=O) groups is 3. The highest BCUT2D eigenvalue weighted by Gasteiger charge is 2.39. The van der Waals surface area contributed by atoms with Gasteiger partial charge in [0, 0.05) is 37.9 Å². The molecule has 3 N–H and O–H groups in total. The van der Waals surface area contributed by atoms with Crippen molar-refractivity contribution in [2.75, 3.05) is 13.1 Å². The molecular weight excluding hydrogens is 660 g/mol. The number of carboxylic acids is 1. The van der Waals surface area contributed by atoms with Crippen LogP contribution >= 0.6 is 0 Å². The highest BCUT2D eigenvalue weighted by molar-refractivity contribution is 5.77. The molecule has 2 aliphatic rings. The van der Waals surface area contributed by atoms with Gasteiger partial charge in [-0.15, -0.1) is 0 Å². The van der Waals surface area contributed by atoms with E-state index in [1.165, 1.54) is 0 Å². The Hall–Kier alpha value is -4.09. The highest BCUT2D eigenvalue weighted by atomic mass is 16.7. The van der Waals surface area contributed by atoms with E-state index in [2.05, 4.69) is 28.4 Å². The molecule has 2 aliphatic heterocycles. The molecule has 280 valence electrons. The van der Waals surface area contributed by atoms with E-state index in [1.807, 2.05) is 75.4 Å². The number of carbonyl (C=O) groups excluding carboxylic acids is 2. The Kier molecular flexibility index (Phi) is 14.0. The Balaban J connectivity index is 1.23.